The smallest absolute Gasteiger partial charge is 0.330 e. The first kappa shape index (κ1) is 22.6. The van der Waals surface area contributed by atoms with Gasteiger partial charge >= 0.3 is 5.97 Å². The molecule has 0 saturated heterocycles. The number of ether oxygens (including phenoxy) is 3. The molecule has 22 heavy (non-hydrogen) atoms. The van der Waals surface area contributed by atoms with E-state index in [4.69, 9.17) is 35.1 Å². The first-order chi connectivity index (χ1) is 10.5. The van der Waals surface area contributed by atoms with Crippen LogP contribution in [-0.4, -0.2) is 73.8 Å². The molecule has 0 heterocycles. The van der Waals surface area contributed by atoms with E-state index in [-0.39, 0.29) is 18.8 Å². The van der Waals surface area contributed by atoms with Crippen LogP contribution >= 0.6 is 0 Å². The molecule has 0 aliphatic heterocycles. The van der Waals surface area contributed by atoms with Crippen LogP contribution < -0.4 is 0 Å². The van der Waals surface area contributed by atoms with E-state index >= 15 is 0 Å². The number of carboxylic acids is 1. The van der Waals surface area contributed by atoms with Gasteiger partial charge in [-0.3, -0.25) is 0 Å². The normalized spacial score (nSPS) is 10.9. The molecular formula is C12H23N3O7. The molecule has 10 heteroatoms. The zero-order valence-electron chi connectivity index (χ0n) is 12.6. The van der Waals surface area contributed by atoms with Crippen LogP contribution in [0.15, 0.2) is 17.3 Å². The average molecular weight is 321 g/mol. The molecule has 0 rings (SSSR count). The van der Waals surface area contributed by atoms with Crippen molar-refractivity contribution >= 4 is 5.97 Å². The number of aliphatic hydroxyl groups excluding tert-OH is 2. The summed E-state index contributed by atoms with van der Waals surface area (Å²) in [5.74, 6) is -0.935. The summed E-state index contributed by atoms with van der Waals surface area (Å²) >= 11 is 0. The van der Waals surface area contributed by atoms with Crippen molar-refractivity contribution < 1.29 is 34.3 Å². The second-order valence-electron chi connectivity index (χ2n) is 3.79. The Bertz CT molecular complexity index is 334. The van der Waals surface area contributed by atoms with Crippen molar-refractivity contribution in [1.82, 2.24) is 0 Å². The van der Waals surface area contributed by atoms with E-state index in [0.717, 1.165) is 0 Å². The summed E-state index contributed by atoms with van der Waals surface area (Å²) < 4.78 is 15.0. The molecule has 128 valence electrons. The highest BCUT2D eigenvalue weighted by atomic mass is 16.5. The Morgan fingerprint density at radius 3 is 2.09 bits per heavy atom. The minimum absolute atomic E-state index is 0.000407. The Labute approximate surface area is 128 Å². The lowest BCUT2D eigenvalue weighted by molar-refractivity contribution is -0.132. The van der Waals surface area contributed by atoms with E-state index in [9.17, 15) is 4.79 Å². The first-order valence-corrected chi connectivity index (χ1v) is 6.40. The maximum absolute atomic E-state index is 9.60. The number of hydrogen-bond acceptors (Lipinski definition) is 7. The lowest BCUT2D eigenvalue weighted by atomic mass is 10.4. The predicted molar refractivity (Wildman–Crippen MR) is 77.1 cm³/mol. The fraction of sp³-hybridized carbons (Fsp3) is 0.750. The molecule has 0 radical (unpaired) electrons. The molecule has 0 aromatic carbocycles. The summed E-state index contributed by atoms with van der Waals surface area (Å²) in [5, 5.41) is 28.2. The molecule has 0 aromatic heterocycles. The highest BCUT2D eigenvalue weighted by Crippen LogP contribution is 1.88. The summed E-state index contributed by atoms with van der Waals surface area (Å²) in [6.45, 7) is 6.37. The van der Waals surface area contributed by atoms with Gasteiger partial charge in [0.2, 0.25) is 0 Å². The molecule has 3 N–H and O–H groups in total. The molecule has 0 aliphatic carbocycles. The van der Waals surface area contributed by atoms with Crippen molar-refractivity contribution in [2.45, 2.75) is 13.2 Å². The van der Waals surface area contributed by atoms with Crippen molar-refractivity contribution in [2.24, 2.45) is 5.11 Å². The third-order valence-electron chi connectivity index (χ3n) is 1.80. The zero-order chi connectivity index (χ0) is 17.2. The van der Waals surface area contributed by atoms with Gasteiger partial charge in [0.25, 0.3) is 0 Å². The van der Waals surface area contributed by atoms with Crippen molar-refractivity contribution in [1.29, 1.82) is 0 Å². The van der Waals surface area contributed by atoms with Gasteiger partial charge < -0.3 is 29.5 Å². The Kier molecular flexibility index (Phi) is 17.8. The summed E-state index contributed by atoms with van der Waals surface area (Å²) in [5.41, 5.74) is 8.14. The summed E-state index contributed by atoms with van der Waals surface area (Å²) in [6.07, 6.45) is -1.15. The van der Waals surface area contributed by atoms with Gasteiger partial charge in [-0.1, -0.05) is 11.7 Å². The van der Waals surface area contributed by atoms with Crippen LogP contribution in [0.4, 0.5) is 0 Å². The Hall–Kier alpha value is -1.68. The lowest BCUT2D eigenvalue weighted by Gasteiger charge is -2.07. The van der Waals surface area contributed by atoms with E-state index in [1.165, 1.54) is 6.92 Å². The van der Waals surface area contributed by atoms with Gasteiger partial charge in [-0.15, -0.1) is 0 Å². The molecular weight excluding hydrogens is 298 g/mol. The van der Waals surface area contributed by atoms with Crippen molar-refractivity contribution in [3.63, 3.8) is 0 Å². The molecule has 0 fully saturated rings. The second-order valence-corrected chi connectivity index (χ2v) is 3.79. The van der Waals surface area contributed by atoms with Gasteiger partial charge in [-0.25, -0.2) is 4.79 Å². The van der Waals surface area contributed by atoms with Crippen LogP contribution in [-0.2, 0) is 19.0 Å². The minimum atomic E-state index is -1.15. The molecule has 0 amide bonds. The number of nitrogens with zero attached hydrogens (tertiary/aromatic N) is 3. The molecule has 0 saturated carbocycles. The van der Waals surface area contributed by atoms with Crippen molar-refractivity contribution in [3.05, 3.63) is 22.6 Å². The largest absolute Gasteiger partial charge is 0.478 e. The van der Waals surface area contributed by atoms with Crippen LogP contribution in [0.1, 0.15) is 6.92 Å². The lowest BCUT2D eigenvalue weighted by Crippen LogP contribution is -2.15. The van der Waals surface area contributed by atoms with Crippen molar-refractivity contribution in [2.75, 3.05) is 46.2 Å². The maximum Gasteiger partial charge on any atom is 0.330 e. The second kappa shape index (κ2) is 17.4. The average Bonchev–Trinajstić information content (AvgIpc) is 2.46. The third kappa shape index (κ3) is 20.6. The number of carboxylic acid groups (broad SMARTS) is 1. The van der Waals surface area contributed by atoms with Crippen LogP contribution in [0, 0.1) is 0 Å². The van der Waals surface area contributed by atoms with E-state index < -0.39 is 12.2 Å². The van der Waals surface area contributed by atoms with Gasteiger partial charge in [0.1, 0.15) is 0 Å². The molecule has 0 aromatic rings. The monoisotopic (exact) mass is 321 g/mol. The van der Waals surface area contributed by atoms with Crippen molar-refractivity contribution in [3.8, 4) is 0 Å². The number of aliphatic carboxylic acids is 1. The van der Waals surface area contributed by atoms with Gasteiger partial charge in [0, 0.05) is 10.5 Å². The Morgan fingerprint density at radius 1 is 1.23 bits per heavy atom. The van der Waals surface area contributed by atoms with Crippen LogP contribution in [0.5, 0.6) is 0 Å². The Morgan fingerprint density at radius 2 is 1.68 bits per heavy atom. The molecule has 0 bridgehead atoms. The molecule has 0 spiro atoms. The van der Waals surface area contributed by atoms with Gasteiger partial charge in [-0.05, 0) is 12.5 Å². The minimum Gasteiger partial charge on any atom is -0.478 e. The molecule has 10 nitrogen and oxygen atoms in total. The first-order valence-electron chi connectivity index (χ1n) is 6.40. The highest BCUT2D eigenvalue weighted by molar-refractivity contribution is 5.84. The van der Waals surface area contributed by atoms with Crippen LogP contribution in [0.25, 0.3) is 10.4 Å². The molecule has 1 unspecified atom stereocenters. The number of hydrogen-bond donors (Lipinski definition) is 3. The quantitative estimate of drug-likeness (QED) is 0.153. The summed E-state index contributed by atoms with van der Waals surface area (Å²) in [6, 6.07) is 0. The number of aliphatic hydroxyl groups is 2. The van der Waals surface area contributed by atoms with Gasteiger partial charge in [-0.2, -0.15) is 0 Å². The predicted octanol–water partition coefficient (Wildman–Crippen LogP) is 0.304. The number of carbonyl (C=O) groups is 1. The standard InChI is InChI=1S/C8H17N3O5.C4H6O2/c9-11-10-8(13)7-16-6-5-15-4-3-14-2-1-12;1-3(2)4(5)6/h8,12-13H,1-7H2;1H2,2H3,(H,5,6). The van der Waals surface area contributed by atoms with E-state index in [0.29, 0.717) is 33.0 Å². The maximum atomic E-state index is 9.60. The van der Waals surface area contributed by atoms with E-state index in [2.05, 4.69) is 16.6 Å². The molecule has 1 atom stereocenters. The SMILES string of the molecule is C=C(C)C(=O)O.[N-]=[N+]=NC(O)COCCOCCOCCO. The van der Waals surface area contributed by atoms with Crippen LogP contribution in [0.3, 0.4) is 0 Å². The fourth-order valence-electron chi connectivity index (χ4n) is 0.786. The van der Waals surface area contributed by atoms with E-state index in [1.807, 2.05) is 0 Å². The van der Waals surface area contributed by atoms with Gasteiger partial charge in [0.05, 0.1) is 46.2 Å². The van der Waals surface area contributed by atoms with E-state index in [1.54, 1.807) is 0 Å². The number of azide groups is 1. The van der Waals surface area contributed by atoms with Crippen LogP contribution in [0.2, 0.25) is 0 Å². The zero-order valence-corrected chi connectivity index (χ0v) is 12.6. The summed E-state index contributed by atoms with van der Waals surface area (Å²) in [7, 11) is 0. The Balaban J connectivity index is 0. The topological polar surface area (TPSA) is 154 Å². The summed E-state index contributed by atoms with van der Waals surface area (Å²) in [4.78, 5) is 12.0. The van der Waals surface area contributed by atoms with Gasteiger partial charge in [0.15, 0.2) is 6.23 Å². The highest BCUT2D eigenvalue weighted by Gasteiger charge is 1.99. The fourth-order valence-corrected chi connectivity index (χ4v) is 0.786. The molecule has 0 aliphatic rings. The third-order valence-corrected chi connectivity index (χ3v) is 1.80. The number of rotatable bonds is 12.